The largest absolute Gasteiger partial charge is 0.360 e. The van der Waals surface area contributed by atoms with Crippen LogP contribution in [0.25, 0.3) is 10.9 Å². The van der Waals surface area contributed by atoms with Crippen molar-refractivity contribution in [3.05, 3.63) is 35.5 Å². The Balaban J connectivity index is 2.03. The number of likely N-dealkylation sites (tertiary alicyclic amines) is 1. The summed E-state index contributed by atoms with van der Waals surface area (Å²) in [5.41, 5.74) is 3.24. The minimum Gasteiger partial charge on any atom is -0.360 e. The van der Waals surface area contributed by atoms with Gasteiger partial charge in [0.15, 0.2) is 5.78 Å². The molecule has 0 radical (unpaired) electrons. The van der Waals surface area contributed by atoms with Gasteiger partial charge in [0.05, 0.1) is 6.04 Å². The number of rotatable bonds is 3. The normalized spacial score (nSPS) is 20.2. The van der Waals surface area contributed by atoms with Crippen molar-refractivity contribution < 1.29 is 4.79 Å². The van der Waals surface area contributed by atoms with E-state index in [1.165, 1.54) is 5.56 Å². The second-order valence-corrected chi connectivity index (χ2v) is 5.40. The van der Waals surface area contributed by atoms with Gasteiger partial charge in [-0.25, -0.2) is 0 Å². The molecule has 1 aromatic carbocycles. The first-order valence-electron chi connectivity index (χ1n) is 7.05. The fourth-order valence-corrected chi connectivity index (χ4v) is 3.14. The van der Waals surface area contributed by atoms with Crippen molar-refractivity contribution in [2.75, 3.05) is 13.6 Å². The van der Waals surface area contributed by atoms with Crippen LogP contribution in [0.4, 0.5) is 0 Å². The number of nitrogens with zero attached hydrogens (tertiary/aromatic N) is 1. The van der Waals surface area contributed by atoms with E-state index in [2.05, 4.69) is 22.9 Å². The van der Waals surface area contributed by atoms with Gasteiger partial charge in [0, 0.05) is 22.7 Å². The molecular weight excluding hydrogens is 236 g/mol. The molecule has 1 aliphatic heterocycles. The summed E-state index contributed by atoms with van der Waals surface area (Å²) in [7, 11) is 2.04. The fraction of sp³-hybridized carbons (Fsp3) is 0.438. The van der Waals surface area contributed by atoms with E-state index < -0.39 is 0 Å². The van der Waals surface area contributed by atoms with Gasteiger partial charge in [-0.1, -0.05) is 25.1 Å². The zero-order valence-electron chi connectivity index (χ0n) is 11.6. The number of para-hydroxylation sites is 1. The zero-order chi connectivity index (χ0) is 13.4. The van der Waals surface area contributed by atoms with Crippen LogP contribution in [0.2, 0.25) is 0 Å². The Labute approximate surface area is 113 Å². The lowest BCUT2D eigenvalue weighted by molar-refractivity contribution is 0.0892. The van der Waals surface area contributed by atoms with Gasteiger partial charge in [0.25, 0.3) is 0 Å². The van der Waals surface area contributed by atoms with Crippen molar-refractivity contribution >= 4 is 16.7 Å². The van der Waals surface area contributed by atoms with Crippen molar-refractivity contribution in [3.8, 4) is 0 Å². The summed E-state index contributed by atoms with van der Waals surface area (Å²) in [5.74, 6) is 0.263. The molecule has 0 saturated carbocycles. The average Bonchev–Trinajstić information content (AvgIpc) is 3.03. The molecule has 3 rings (SSSR count). The molecule has 3 heteroatoms. The van der Waals surface area contributed by atoms with Crippen molar-refractivity contribution in [2.24, 2.45) is 0 Å². The third-order valence-corrected chi connectivity index (χ3v) is 4.27. The van der Waals surface area contributed by atoms with Crippen LogP contribution in [0.1, 0.15) is 35.7 Å². The molecule has 1 fully saturated rings. The molecule has 1 atom stereocenters. The highest BCUT2D eigenvalue weighted by Crippen LogP contribution is 2.26. The molecule has 1 aliphatic rings. The Hall–Kier alpha value is -1.61. The quantitative estimate of drug-likeness (QED) is 0.857. The highest BCUT2D eigenvalue weighted by Gasteiger charge is 2.29. The van der Waals surface area contributed by atoms with Crippen LogP contribution in [0.3, 0.4) is 0 Å². The lowest BCUT2D eigenvalue weighted by Gasteiger charge is -2.17. The fourth-order valence-electron chi connectivity index (χ4n) is 3.14. The topological polar surface area (TPSA) is 36.1 Å². The molecule has 19 heavy (non-hydrogen) atoms. The molecular formula is C16H20N2O. The van der Waals surface area contributed by atoms with Gasteiger partial charge in [0.2, 0.25) is 0 Å². The van der Waals surface area contributed by atoms with Crippen LogP contribution in [-0.2, 0) is 6.42 Å². The number of Topliss-reactive ketones (excluding diaryl/α,β-unsaturated/α-hetero) is 1. The molecule has 1 aromatic heterocycles. The van der Waals surface area contributed by atoms with E-state index in [1.54, 1.807) is 0 Å². The van der Waals surface area contributed by atoms with Gasteiger partial charge >= 0.3 is 0 Å². The van der Waals surface area contributed by atoms with Crippen LogP contribution in [0.15, 0.2) is 24.4 Å². The lowest BCUT2D eigenvalue weighted by Crippen LogP contribution is -2.32. The summed E-state index contributed by atoms with van der Waals surface area (Å²) in [6.45, 7) is 3.17. The molecule has 2 aromatic rings. The molecule has 0 amide bonds. The van der Waals surface area contributed by atoms with Gasteiger partial charge < -0.3 is 4.98 Å². The van der Waals surface area contributed by atoms with E-state index in [9.17, 15) is 4.79 Å². The Kier molecular flexibility index (Phi) is 3.15. The summed E-state index contributed by atoms with van der Waals surface area (Å²) in [5, 5.41) is 1.07. The number of aryl methyl sites for hydroxylation is 1. The first kappa shape index (κ1) is 12.4. The number of hydrogen-bond donors (Lipinski definition) is 1. The van der Waals surface area contributed by atoms with Crippen molar-refractivity contribution in [2.45, 2.75) is 32.2 Å². The molecule has 1 N–H and O–H groups in total. The predicted molar refractivity (Wildman–Crippen MR) is 77.7 cm³/mol. The third-order valence-electron chi connectivity index (χ3n) is 4.27. The maximum atomic E-state index is 12.7. The van der Waals surface area contributed by atoms with Gasteiger partial charge in [0.1, 0.15) is 0 Å². The summed E-state index contributed by atoms with van der Waals surface area (Å²) in [6.07, 6.45) is 4.97. The molecule has 100 valence electrons. The molecule has 3 nitrogen and oxygen atoms in total. The van der Waals surface area contributed by atoms with E-state index in [1.807, 2.05) is 25.4 Å². The minimum atomic E-state index is 0.0595. The number of hydrogen-bond acceptors (Lipinski definition) is 2. The molecule has 0 aliphatic carbocycles. The maximum Gasteiger partial charge on any atom is 0.182 e. The average molecular weight is 256 g/mol. The second-order valence-electron chi connectivity index (χ2n) is 5.40. The number of benzene rings is 1. The summed E-state index contributed by atoms with van der Waals surface area (Å²) < 4.78 is 0. The van der Waals surface area contributed by atoms with Crippen LogP contribution in [0, 0.1) is 0 Å². The van der Waals surface area contributed by atoms with E-state index in [4.69, 9.17) is 0 Å². The number of fused-ring (bicyclic) bond motifs is 1. The lowest BCUT2D eigenvalue weighted by atomic mass is 10.00. The first-order valence-corrected chi connectivity index (χ1v) is 7.05. The Morgan fingerprint density at radius 3 is 3.00 bits per heavy atom. The highest BCUT2D eigenvalue weighted by atomic mass is 16.1. The summed E-state index contributed by atoms with van der Waals surface area (Å²) in [6, 6.07) is 6.27. The number of nitrogens with one attached hydrogen (secondary N) is 1. The number of carbonyl (C=O) groups excluding carboxylic acids is 1. The summed E-state index contributed by atoms with van der Waals surface area (Å²) >= 11 is 0. The van der Waals surface area contributed by atoms with Crippen LogP contribution in [-0.4, -0.2) is 35.3 Å². The highest BCUT2D eigenvalue weighted by molar-refractivity contribution is 6.10. The number of aromatic nitrogens is 1. The maximum absolute atomic E-state index is 12.7. The SMILES string of the molecule is CCc1cccc2c(C(=O)[C@@H]3CCCN3C)c[nH]c12. The number of carbonyl (C=O) groups is 1. The van der Waals surface area contributed by atoms with Crippen LogP contribution >= 0.6 is 0 Å². The van der Waals surface area contributed by atoms with Gasteiger partial charge in [-0.05, 0) is 38.4 Å². The zero-order valence-corrected chi connectivity index (χ0v) is 11.6. The smallest absolute Gasteiger partial charge is 0.182 e. The number of ketones is 1. The molecule has 0 bridgehead atoms. The Morgan fingerprint density at radius 1 is 1.47 bits per heavy atom. The van der Waals surface area contributed by atoms with E-state index >= 15 is 0 Å². The molecule has 0 unspecified atom stereocenters. The van der Waals surface area contributed by atoms with Crippen molar-refractivity contribution in [3.63, 3.8) is 0 Å². The van der Waals surface area contributed by atoms with E-state index in [0.717, 1.165) is 42.3 Å². The Morgan fingerprint density at radius 2 is 2.32 bits per heavy atom. The van der Waals surface area contributed by atoms with Crippen LogP contribution in [0.5, 0.6) is 0 Å². The standard InChI is InChI=1S/C16H20N2O/c1-3-11-6-4-7-12-13(10-17-15(11)12)16(19)14-8-5-9-18(14)2/h4,6-7,10,14,17H,3,5,8-9H2,1-2H3/t14-/m0/s1. The number of likely N-dealkylation sites (N-methyl/N-ethyl adjacent to an activating group) is 1. The minimum absolute atomic E-state index is 0.0595. The van der Waals surface area contributed by atoms with Gasteiger partial charge in [-0.2, -0.15) is 0 Å². The molecule has 1 saturated heterocycles. The molecule has 2 heterocycles. The van der Waals surface area contributed by atoms with Crippen LogP contribution < -0.4 is 0 Å². The monoisotopic (exact) mass is 256 g/mol. The van der Waals surface area contributed by atoms with Crippen molar-refractivity contribution in [1.82, 2.24) is 9.88 Å². The van der Waals surface area contributed by atoms with E-state index in [0.29, 0.717) is 0 Å². The molecule has 0 spiro atoms. The van der Waals surface area contributed by atoms with Crippen molar-refractivity contribution in [1.29, 1.82) is 0 Å². The third kappa shape index (κ3) is 1.98. The van der Waals surface area contributed by atoms with Gasteiger partial charge in [-0.15, -0.1) is 0 Å². The Bertz CT molecular complexity index is 614. The first-order chi connectivity index (χ1) is 9.22. The number of aromatic amines is 1. The second kappa shape index (κ2) is 4.82. The predicted octanol–water partition coefficient (Wildman–Crippen LogP) is 3.01. The number of H-pyrrole nitrogens is 1. The van der Waals surface area contributed by atoms with Gasteiger partial charge in [-0.3, -0.25) is 9.69 Å². The summed E-state index contributed by atoms with van der Waals surface area (Å²) in [4.78, 5) is 18.1. The van der Waals surface area contributed by atoms with E-state index in [-0.39, 0.29) is 11.8 Å².